The first-order valence-electron chi connectivity index (χ1n) is 8.19. The van der Waals surface area contributed by atoms with E-state index in [4.69, 9.17) is 0 Å². The molecule has 114 valence electrons. The van der Waals surface area contributed by atoms with Crippen molar-refractivity contribution < 1.29 is 4.79 Å². The largest absolute Gasteiger partial charge is 0.382 e. The van der Waals surface area contributed by atoms with E-state index < -0.39 is 0 Å². The maximum absolute atomic E-state index is 12.9. The van der Waals surface area contributed by atoms with Crippen LogP contribution in [0.3, 0.4) is 0 Å². The van der Waals surface area contributed by atoms with Gasteiger partial charge in [-0.15, -0.1) is 0 Å². The predicted octanol–water partition coefficient (Wildman–Crippen LogP) is 3.18. The third-order valence-corrected chi connectivity index (χ3v) is 4.75. The summed E-state index contributed by atoms with van der Waals surface area (Å²) in [6.07, 6.45) is 4.76. The summed E-state index contributed by atoms with van der Waals surface area (Å²) >= 11 is 0. The first kappa shape index (κ1) is 14.2. The zero-order valence-corrected chi connectivity index (χ0v) is 12.8. The Morgan fingerprint density at radius 3 is 2.95 bits per heavy atom. The van der Waals surface area contributed by atoms with Crippen molar-refractivity contribution in [3.8, 4) is 0 Å². The molecule has 0 aromatic heterocycles. The number of hydrogen-bond donors (Lipinski definition) is 2. The number of rotatable bonds is 2. The highest BCUT2D eigenvalue weighted by Crippen LogP contribution is 2.30. The van der Waals surface area contributed by atoms with Crippen molar-refractivity contribution in [2.75, 3.05) is 36.8 Å². The fourth-order valence-electron chi connectivity index (χ4n) is 3.40. The summed E-state index contributed by atoms with van der Waals surface area (Å²) in [5.74, 6) is 0.965. The van der Waals surface area contributed by atoms with Gasteiger partial charge in [-0.1, -0.05) is 19.4 Å². The molecule has 3 rings (SSSR count). The number of para-hydroxylation sites is 1. The van der Waals surface area contributed by atoms with Crippen LogP contribution in [0.5, 0.6) is 0 Å². The van der Waals surface area contributed by atoms with Gasteiger partial charge in [0.1, 0.15) is 0 Å². The van der Waals surface area contributed by atoms with Crippen molar-refractivity contribution in [3.05, 3.63) is 23.8 Å². The molecule has 4 heteroatoms. The summed E-state index contributed by atoms with van der Waals surface area (Å²) in [4.78, 5) is 14.9. The Morgan fingerprint density at radius 1 is 1.24 bits per heavy atom. The van der Waals surface area contributed by atoms with Crippen molar-refractivity contribution in [2.45, 2.75) is 32.6 Å². The second-order valence-electron chi connectivity index (χ2n) is 6.08. The molecular weight excluding hydrogens is 262 g/mol. The Hall–Kier alpha value is -1.71. The molecule has 0 aliphatic carbocycles. The molecule has 2 aliphatic rings. The van der Waals surface area contributed by atoms with E-state index >= 15 is 0 Å². The van der Waals surface area contributed by atoms with E-state index in [9.17, 15) is 4.79 Å². The lowest BCUT2D eigenvalue weighted by molar-refractivity contribution is 0.0761. The van der Waals surface area contributed by atoms with Crippen molar-refractivity contribution in [1.29, 1.82) is 0 Å². The van der Waals surface area contributed by atoms with Gasteiger partial charge in [0.05, 0.1) is 16.9 Å². The van der Waals surface area contributed by atoms with Crippen LogP contribution in [-0.2, 0) is 0 Å². The molecule has 2 heterocycles. The van der Waals surface area contributed by atoms with Gasteiger partial charge in [0.15, 0.2) is 0 Å². The summed E-state index contributed by atoms with van der Waals surface area (Å²) in [6, 6.07) is 5.95. The highest BCUT2D eigenvalue weighted by Gasteiger charge is 2.24. The van der Waals surface area contributed by atoms with Gasteiger partial charge in [0.2, 0.25) is 0 Å². The predicted molar refractivity (Wildman–Crippen MR) is 87.0 cm³/mol. The summed E-state index contributed by atoms with van der Waals surface area (Å²) in [5, 5.41) is 6.73. The van der Waals surface area contributed by atoms with E-state index in [0.29, 0.717) is 0 Å². The third kappa shape index (κ3) is 2.99. The minimum atomic E-state index is 0.180. The van der Waals surface area contributed by atoms with E-state index in [1.54, 1.807) is 0 Å². The summed E-state index contributed by atoms with van der Waals surface area (Å²) in [7, 11) is 0. The number of likely N-dealkylation sites (tertiary alicyclic amines) is 1. The van der Waals surface area contributed by atoms with Crippen LogP contribution in [-0.4, -0.2) is 37.0 Å². The lowest BCUT2D eigenvalue weighted by Crippen LogP contribution is -2.33. The van der Waals surface area contributed by atoms with Crippen LogP contribution in [0.4, 0.5) is 11.4 Å². The molecule has 1 saturated heterocycles. The zero-order valence-electron chi connectivity index (χ0n) is 12.8. The second-order valence-corrected chi connectivity index (χ2v) is 6.08. The topological polar surface area (TPSA) is 44.4 Å². The van der Waals surface area contributed by atoms with Crippen molar-refractivity contribution in [1.82, 2.24) is 4.90 Å². The van der Waals surface area contributed by atoms with E-state index in [0.717, 1.165) is 61.9 Å². The van der Waals surface area contributed by atoms with Crippen LogP contribution in [0.25, 0.3) is 0 Å². The number of carbonyl (C=O) groups excluding carboxylic acids is 1. The molecule has 1 aromatic rings. The molecule has 1 fully saturated rings. The summed E-state index contributed by atoms with van der Waals surface area (Å²) < 4.78 is 0. The number of fused-ring (bicyclic) bond motifs is 1. The Morgan fingerprint density at radius 2 is 2.10 bits per heavy atom. The molecular formula is C17H25N3O. The van der Waals surface area contributed by atoms with E-state index in [1.165, 1.54) is 12.8 Å². The Labute approximate surface area is 126 Å². The van der Waals surface area contributed by atoms with Crippen molar-refractivity contribution >= 4 is 17.3 Å². The average Bonchev–Trinajstić information content (AvgIpc) is 2.79. The van der Waals surface area contributed by atoms with Gasteiger partial charge in [-0.2, -0.15) is 0 Å². The number of amides is 1. The Bertz CT molecular complexity index is 515. The molecule has 21 heavy (non-hydrogen) atoms. The number of carbonyl (C=O) groups is 1. The van der Waals surface area contributed by atoms with Crippen LogP contribution in [0, 0.1) is 5.92 Å². The molecule has 1 amide bonds. The monoisotopic (exact) mass is 287 g/mol. The molecule has 1 atom stereocenters. The van der Waals surface area contributed by atoms with Gasteiger partial charge < -0.3 is 15.5 Å². The highest BCUT2D eigenvalue weighted by molar-refractivity contribution is 6.02. The van der Waals surface area contributed by atoms with E-state index in [2.05, 4.69) is 17.6 Å². The van der Waals surface area contributed by atoms with Gasteiger partial charge >= 0.3 is 0 Å². The highest BCUT2D eigenvalue weighted by atomic mass is 16.2. The normalized spacial score (nSPS) is 21.8. The quantitative estimate of drug-likeness (QED) is 0.878. The van der Waals surface area contributed by atoms with Crippen LogP contribution in [0.1, 0.15) is 43.0 Å². The van der Waals surface area contributed by atoms with Crippen LogP contribution >= 0.6 is 0 Å². The number of hydrogen-bond acceptors (Lipinski definition) is 3. The fourth-order valence-corrected chi connectivity index (χ4v) is 3.40. The van der Waals surface area contributed by atoms with Gasteiger partial charge in [-0.3, -0.25) is 4.79 Å². The molecule has 0 spiro atoms. The summed E-state index contributed by atoms with van der Waals surface area (Å²) in [6.45, 7) is 5.83. The Balaban J connectivity index is 1.79. The number of anilines is 2. The molecule has 1 unspecified atom stereocenters. The second kappa shape index (κ2) is 6.37. The molecule has 0 bridgehead atoms. The van der Waals surface area contributed by atoms with Crippen LogP contribution < -0.4 is 10.6 Å². The Kier molecular flexibility index (Phi) is 4.32. The van der Waals surface area contributed by atoms with Crippen LogP contribution in [0.15, 0.2) is 18.2 Å². The minimum absolute atomic E-state index is 0.180. The average molecular weight is 287 g/mol. The van der Waals surface area contributed by atoms with Gasteiger partial charge in [-0.25, -0.2) is 0 Å². The molecule has 0 radical (unpaired) electrons. The number of nitrogens with one attached hydrogen (secondary N) is 2. The smallest absolute Gasteiger partial charge is 0.256 e. The first-order valence-corrected chi connectivity index (χ1v) is 8.19. The number of benzene rings is 1. The first-order chi connectivity index (χ1) is 10.3. The molecule has 2 N–H and O–H groups in total. The van der Waals surface area contributed by atoms with E-state index in [1.807, 2.05) is 23.1 Å². The molecule has 1 aromatic carbocycles. The maximum Gasteiger partial charge on any atom is 0.256 e. The molecule has 2 aliphatic heterocycles. The summed E-state index contributed by atoms with van der Waals surface area (Å²) in [5.41, 5.74) is 2.84. The maximum atomic E-state index is 12.9. The molecule has 4 nitrogen and oxygen atoms in total. The lowest BCUT2D eigenvalue weighted by atomic mass is 9.98. The SMILES string of the molecule is CCC1CCCN(C(=O)c2cccc3c2NCCN3)CC1. The zero-order chi connectivity index (χ0) is 14.7. The lowest BCUT2D eigenvalue weighted by Gasteiger charge is -2.26. The fraction of sp³-hybridized carbons (Fsp3) is 0.588. The third-order valence-electron chi connectivity index (χ3n) is 4.75. The number of nitrogens with zero attached hydrogens (tertiary/aromatic N) is 1. The van der Waals surface area contributed by atoms with Gasteiger partial charge in [0.25, 0.3) is 5.91 Å². The van der Waals surface area contributed by atoms with Crippen LogP contribution in [0.2, 0.25) is 0 Å². The standard InChI is InChI=1S/C17H25N3O/c1-2-13-5-4-11-20(12-8-13)17(21)14-6-3-7-15-16(14)19-10-9-18-15/h3,6-7,13,18-19H,2,4-5,8-12H2,1H3. The molecule has 0 saturated carbocycles. The minimum Gasteiger partial charge on any atom is -0.382 e. The van der Waals surface area contributed by atoms with Gasteiger partial charge in [-0.05, 0) is 37.3 Å². The van der Waals surface area contributed by atoms with Crippen molar-refractivity contribution in [3.63, 3.8) is 0 Å². The van der Waals surface area contributed by atoms with Gasteiger partial charge in [0, 0.05) is 26.2 Å². The van der Waals surface area contributed by atoms with E-state index in [-0.39, 0.29) is 5.91 Å². The van der Waals surface area contributed by atoms with Crippen molar-refractivity contribution in [2.24, 2.45) is 5.92 Å².